The zero-order valence-corrected chi connectivity index (χ0v) is 22.0. The lowest BCUT2D eigenvalue weighted by Crippen LogP contribution is -2.45. The Balaban J connectivity index is 1.34. The molecule has 0 amide bonds. The normalized spacial score (nSPS) is 34.9. The summed E-state index contributed by atoms with van der Waals surface area (Å²) in [6, 6.07) is 10.7. The average Bonchev–Trinajstić information content (AvgIpc) is 3.72. The molecule has 2 unspecified atom stereocenters. The number of allylic oxidation sites excluding steroid dienone is 4. The molecule has 6 atom stereocenters. The number of rotatable bonds is 4. The fourth-order valence-corrected chi connectivity index (χ4v) is 8.87. The standard InChI is InChI=1S/C33H36N2O2/c1-19-16-28-26-12-10-23-17-24(36)11-13-25(23)29(26)27(18-33(28,2)30(19)31(37)21-6-7-21)20-4-8-22(9-5-20)32-34-14-3-15-35-32/h3-5,8-9,14-15,17,19,21,26-28,30H,6-7,10-13,16,18H2,1-2H3/t19-,26?,27-,28?,30-,33+/m1/s1. The Bertz CT molecular complexity index is 1320. The van der Waals surface area contributed by atoms with Crippen molar-refractivity contribution in [3.8, 4) is 11.4 Å². The zero-order chi connectivity index (χ0) is 25.3. The molecule has 5 aliphatic carbocycles. The molecule has 5 aliphatic rings. The summed E-state index contributed by atoms with van der Waals surface area (Å²) in [5.41, 5.74) is 6.77. The summed E-state index contributed by atoms with van der Waals surface area (Å²) in [5, 5.41) is 0. The van der Waals surface area contributed by atoms with Crippen LogP contribution in [0.1, 0.15) is 76.7 Å². The first kappa shape index (κ1) is 23.3. The van der Waals surface area contributed by atoms with E-state index in [2.05, 4.69) is 48.1 Å². The van der Waals surface area contributed by atoms with Gasteiger partial charge >= 0.3 is 0 Å². The Morgan fingerprint density at radius 3 is 2.49 bits per heavy atom. The first-order valence-corrected chi connectivity index (χ1v) is 14.3. The predicted molar refractivity (Wildman–Crippen MR) is 143 cm³/mol. The molecule has 7 rings (SSSR count). The molecule has 0 saturated heterocycles. The third-order valence-electron chi connectivity index (χ3n) is 10.5. The molecule has 1 aromatic heterocycles. The third kappa shape index (κ3) is 3.70. The van der Waals surface area contributed by atoms with E-state index < -0.39 is 0 Å². The Kier molecular flexibility index (Phi) is 5.39. The molecule has 0 aliphatic heterocycles. The lowest BCUT2D eigenvalue weighted by molar-refractivity contribution is -0.130. The van der Waals surface area contributed by atoms with Gasteiger partial charge in [0, 0.05) is 42.1 Å². The highest BCUT2D eigenvalue weighted by molar-refractivity contribution is 5.93. The maximum absolute atomic E-state index is 13.7. The second-order valence-corrected chi connectivity index (χ2v) is 12.6. The van der Waals surface area contributed by atoms with Gasteiger partial charge in [-0.2, -0.15) is 0 Å². The van der Waals surface area contributed by atoms with E-state index in [1.54, 1.807) is 18.0 Å². The lowest BCUT2D eigenvalue weighted by atomic mass is 9.51. The van der Waals surface area contributed by atoms with Crippen molar-refractivity contribution in [2.75, 3.05) is 0 Å². The molecule has 37 heavy (non-hydrogen) atoms. The highest BCUT2D eigenvalue weighted by Gasteiger charge is 2.61. The summed E-state index contributed by atoms with van der Waals surface area (Å²) >= 11 is 0. The van der Waals surface area contributed by atoms with Crippen molar-refractivity contribution in [3.63, 3.8) is 0 Å². The molecule has 0 N–H and O–H groups in total. The summed E-state index contributed by atoms with van der Waals surface area (Å²) in [4.78, 5) is 34.9. The molecule has 0 spiro atoms. The monoisotopic (exact) mass is 492 g/mol. The Labute approximate surface area is 219 Å². The van der Waals surface area contributed by atoms with E-state index in [-0.39, 0.29) is 17.1 Å². The van der Waals surface area contributed by atoms with E-state index in [9.17, 15) is 9.59 Å². The highest BCUT2D eigenvalue weighted by Crippen LogP contribution is 2.67. The first-order chi connectivity index (χ1) is 17.9. The number of benzene rings is 1. The molecule has 0 radical (unpaired) electrons. The molecule has 190 valence electrons. The topological polar surface area (TPSA) is 59.9 Å². The van der Waals surface area contributed by atoms with Gasteiger partial charge in [0.2, 0.25) is 0 Å². The van der Waals surface area contributed by atoms with Crippen LogP contribution in [-0.2, 0) is 9.59 Å². The maximum Gasteiger partial charge on any atom is 0.159 e. The second kappa shape index (κ2) is 8.58. The summed E-state index contributed by atoms with van der Waals surface area (Å²) in [5.74, 6) is 3.91. The minimum absolute atomic E-state index is 0.0331. The van der Waals surface area contributed by atoms with E-state index in [0.29, 0.717) is 41.8 Å². The highest BCUT2D eigenvalue weighted by atomic mass is 16.1. The van der Waals surface area contributed by atoms with Gasteiger partial charge in [-0.05, 0) is 97.0 Å². The van der Waals surface area contributed by atoms with Crippen LogP contribution in [0.5, 0.6) is 0 Å². The molecule has 4 heteroatoms. The van der Waals surface area contributed by atoms with Gasteiger partial charge in [0.1, 0.15) is 5.78 Å². The number of hydrogen-bond donors (Lipinski definition) is 0. The molecular formula is C33H36N2O2. The van der Waals surface area contributed by atoms with Crippen LogP contribution < -0.4 is 0 Å². The minimum atomic E-state index is 0.0331. The molecular weight excluding hydrogens is 456 g/mol. The number of carbonyl (C=O) groups excluding carboxylic acids is 2. The molecule has 3 fully saturated rings. The van der Waals surface area contributed by atoms with E-state index in [1.807, 2.05) is 12.1 Å². The van der Waals surface area contributed by atoms with Crippen molar-refractivity contribution < 1.29 is 9.59 Å². The summed E-state index contributed by atoms with van der Waals surface area (Å²) in [6.45, 7) is 4.81. The van der Waals surface area contributed by atoms with Crippen LogP contribution >= 0.6 is 0 Å². The fraction of sp³-hybridized carbons (Fsp3) is 0.515. The average molecular weight is 493 g/mol. The molecule has 4 nitrogen and oxygen atoms in total. The van der Waals surface area contributed by atoms with Gasteiger partial charge in [-0.3, -0.25) is 9.59 Å². The van der Waals surface area contributed by atoms with E-state index in [4.69, 9.17) is 0 Å². The maximum atomic E-state index is 13.7. The van der Waals surface area contributed by atoms with Crippen molar-refractivity contribution in [3.05, 3.63) is 71.1 Å². The second-order valence-electron chi connectivity index (χ2n) is 12.6. The summed E-state index contributed by atoms with van der Waals surface area (Å²) in [6.07, 6.45) is 13.5. The van der Waals surface area contributed by atoms with Crippen molar-refractivity contribution >= 4 is 11.6 Å². The summed E-state index contributed by atoms with van der Waals surface area (Å²) < 4.78 is 0. The number of hydrogen-bond acceptors (Lipinski definition) is 4. The quantitative estimate of drug-likeness (QED) is 0.467. The van der Waals surface area contributed by atoms with Crippen LogP contribution in [0.3, 0.4) is 0 Å². The number of carbonyl (C=O) groups is 2. The Morgan fingerprint density at radius 2 is 1.76 bits per heavy atom. The van der Waals surface area contributed by atoms with Crippen LogP contribution in [0.25, 0.3) is 11.4 Å². The predicted octanol–water partition coefficient (Wildman–Crippen LogP) is 6.88. The molecule has 1 heterocycles. The van der Waals surface area contributed by atoms with Crippen LogP contribution in [0.4, 0.5) is 0 Å². The Hall–Kier alpha value is -2.88. The number of nitrogens with zero attached hydrogens (tertiary/aromatic N) is 2. The lowest BCUT2D eigenvalue weighted by Gasteiger charge is -2.52. The number of ketones is 2. The van der Waals surface area contributed by atoms with Crippen molar-refractivity contribution in [2.45, 2.75) is 71.1 Å². The number of fused-ring (bicyclic) bond motifs is 4. The molecule has 2 aromatic rings. The number of Topliss-reactive ketones (excluding diaryl/α,β-unsaturated/α-hetero) is 1. The largest absolute Gasteiger partial charge is 0.299 e. The van der Waals surface area contributed by atoms with Crippen LogP contribution in [0, 0.1) is 35.0 Å². The van der Waals surface area contributed by atoms with Gasteiger partial charge in [-0.15, -0.1) is 0 Å². The van der Waals surface area contributed by atoms with E-state index in [0.717, 1.165) is 56.3 Å². The van der Waals surface area contributed by atoms with Crippen molar-refractivity contribution in [2.24, 2.45) is 35.0 Å². The summed E-state index contributed by atoms with van der Waals surface area (Å²) in [7, 11) is 0. The molecule has 1 aromatic carbocycles. The van der Waals surface area contributed by atoms with Crippen molar-refractivity contribution in [1.29, 1.82) is 0 Å². The van der Waals surface area contributed by atoms with Gasteiger partial charge < -0.3 is 0 Å². The van der Waals surface area contributed by atoms with Gasteiger partial charge in [-0.25, -0.2) is 9.97 Å². The first-order valence-electron chi connectivity index (χ1n) is 14.3. The third-order valence-corrected chi connectivity index (χ3v) is 10.5. The van der Waals surface area contributed by atoms with E-state index >= 15 is 0 Å². The van der Waals surface area contributed by atoms with E-state index in [1.165, 1.54) is 16.7 Å². The zero-order valence-electron chi connectivity index (χ0n) is 22.0. The minimum Gasteiger partial charge on any atom is -0.299 e. The fourth-order valence-electron chi connectivity index (χ4n) is 8.87. The van der Waals surface area contributed by atoms with Crippen molar-refractivity contribution in [1.82, 2.24) is 9.97 Å². The van der Waals surface area contributed by atoms with Gasteiger partial charge in [0.05, 0.1) is 0 Å². The van der Waals surface area contributed by atoms with Gasteiger partial charge in [-0.1, -0.05) is 43.7 Å². The van der Waals surface area contributed by atoms with Crippen LogP contribution in [-0.4, -0.2) is 21.5 Å². The SMILES string of the molecule is C[C@@H]1CC2C3CCC4=CC(=O)CCC4=C3[C@@H](c3ccc(-c4ncccn4)cc3)C[C@]2(C)[C@H]1C(=O)C1CC1. The van der Waals surface area contributed by atoms with Gasteiger partial charge in [0.25, 0.3) is 0 Å². The van der Waals surface area contributed by atoms with Gasteiger partial charge in [0.15, 0.2) is 11.6 Å². The Morgan fingerprint density at radius 1 is 1.00 bits per heavy atom. The molecule has 0 bridgehead atoms. The number of aromatic nitrogens is 2. The van der Waals surface area contributed by atoms with Crippen LogP contribution in [0.15, 0.2) is 65.5 Å². The smallest absolute Gasteiger partial charge is 0.159 e. The van der Waals surface area contributed by atoms with Crippen LogP contribution in [0.2, 0.25) is 0 Å². The molecule has 3 saturated carbocycles.